The Hall–Kier alpha value is -2.52. The number of amides is 3. The molecule has 212 valence electrons. The number of alkyl halides is 3. The van der Waals surface area contributed by atoms with Crippen LogP contribution in [0.4, 0.5) is 22.8 Å². The van der Waals surface area contributed by atoms with Gasteiger partial charge in [-0.1, -0.05) is 23.2 Å². The first kappa shape index (κ1) is 29.0. The van der Waals surface area contributed by atoms with E-state index in [0.29, 0.717) is 42.9 Å². The van der Waals surface area contributed by atoms with Gasteiger partial charge in [0.1, 0.15) is 32.6 Å². The second-order valence-corrected chi connectivity index (χ2v) is 12.1. The van der Waals surface area contributed by atoms with Crippen LogP contribution in [0.25, 0.3) is 20.4 Å². The highest BCUT2D eigenvalue weighted by molar-refractivity contribution is 7.19. The Bertz CT molecular complexity index is 1600. The smallest absolute Gasteiger partial charge is 0.338 e. The van der Waals surface area contributed by atoms with Gasteiger partial charge < -0.3 is 15.1 Å². The third kappa shape index (κ3) is 6.20. The lowest BCUT2D eigenvalue weighted by Gasteiger charge is -2.27. The summed E-state index contributed by atoms with van der Waals surface area (Å²) in [7, 11) is 0. The first-order valence-corrected chi connectivity index (χ1v) is 14.6. The number of thiophene rings is 2. The average molecular weight is 653 g/mol. The number of nitrogens with zero attached hydrogens (tertiary/aromatic N) is 6. The Morgan fingerprint density at radius 1 is 0.875 bits per heavy atom. The number of aromatic nitrogens is 4. The fourth-order valence-corrected chi connectivity index (χ4v) is 7.68. The molecule has 0 aliphatic carbocycles. The molecule has 0 aromatic carbocycles. The number of rotatable bonds is 2. The Morgan fingerprint density at radius 2 is 1.38 bits per heavy atom. The zero-order valence-electron chi connectivity index (χ0n) is 20.4. The van der Waals surface area contributed by atoms with E-state index in [4.69, 9.17) is 34.8 Å². The number of carbonyl (C=O) groups excluding carboxylic acids is 2. The van der Waals surface area contributed by atoms with Crippen molar-refractivity contribution in [2.75, 3.05) is 19.6 Å². The van der Waals surface area contributed by atoms with E-state index in [9.17, 15) is 22.8 Å². The van der Waals surface area contributed by atoms with E-state index < -0.39 is 30.5 Å². The van der Waals surface area contributed by atoms with Gasteiger partial charge in [0, 0.05) is 29.4 Å². The van der Waals surface area contributed by atoms with Crippen LogP contribution >= 0.6 is 57.5 Å². The summed E-state index contributed by atoms with van der Waals surface area (Å²) >= 11 is 20.6. The maximum Gasteiger partial charge on any atom is 0.390 e. The predicted molar refractivity (Wildman–Crippen MR) is 148 cm³/mol. The van der Waals surface area contributed by atoms with Crippen LogP contribution in [0.15, 0.2) is 12.7 Å². The standard InChI is InChI=1S/C13H12ClF3N4OS.C10H7Cl2N3OS/c14-10-9-7-1-4-21(12(22)18-3-2-13(15,16)17)5-8(7)23-11(9)20-6-19-10;11-8-7-5-1-2-15(10(12)16)3-6(5)17-9(7)14-4-13-8/h6H,1-5H2,(H,18,22);4H,1-3H2. The molecule has 9 nitrogen and oxygen atoms in total. The SMILES string of the molecule is O=C(Cl)N1CCc2c(sc3ncnc(Cl)c23)C1.O=C(NCCC(F)(F)F)N1CCc2c(sc3ncnc(Cl)c23)C1. The van der Waals surface area contributed by atoms with Crippen molar-refractivity contribution >= 4 is 89.3 Å². The summed E-state index contributed by atoms with van der Waals surface area (Å²) in [5.74, 6) is 0. The Morgan fingerprint density at radius 3 is 1.88 bits per heavy atom. The van der Waals surface area contributed by atoms with Crippen molar-refractivity contribution in [1.29, 1.82) is 0 Å². The second-order valence-electron chi connectivity index (χ2n) is 8.89. The molecule has 2 aliphatic heterocycles. The van der Waals surface area contributed by atoms with Gasteiger partial charge in [0.15, 0.2) is 0 Å². The molecule has 6 heterocycles. The first-order chi connectivity index (χ1) is 19.0. The topological polar surface area (TPSA) is 104 Å². The quantitative estimate of drug-likeness (QED) is 0.152. The maximum atomic E-state index is 12.1. The third-order valence-electron chi connectivity index (χ3n) is 6.40. The van der Waals surface area contributed by atoms with Gasteiger partial charge in [0.05, 0.1) is 30.3 Å². The molecule has 0 unspecified atom stereocenters. The first-order valence-electron chi connectivity index (χ1n) is 11.9. The van der Waals surface area contributed by atoms with Crippen molar-refractivity contribution < 1.29 is 22.8 Å². The second kappa shape index (κ2) is 11.8. The van der Waals surface area contributed by atoms with Crippen LogP contribution in [-0.4, -0.2) is 66.9 Å². The summed E-state index contributed by atoms with van der Waals surface area (Å²) in [5.41, 5.74) is 2.18. The number of hydrogen-bond acceptors (Lipinski definition) is 8. The molecule has 2 aliphatic rings. The van der Waals surface area contributed by atoms with Crippen LogP contribution in [-0.2, 0) is 25.9 Å². The molecule has 1 N–H and O–H groups in total. The van der Waals surface area contributed by atoms with E-state index in [1.165, 1.54) is 28.9 Å². The predicted octanol–water partition coefficient (Wildman–Crippen LogP) is 6.43. The molecule has 4 aromatic rings. The largest absolute Gasteiger partial charge is 0.390 e. The summed E-state index contributed by atoms with van der Waals surface area (Å²) in [6.07, 6.45) is -1.14. The molecular weight excluding hydrogens is 634 g/mol. The summed E-state index contributed by atoms with van der Waals surface area (Å²) in [4.78, 5) is 46.2. The van der Waals surface area contributed by atoms with E-state index in [-0.39, 0.29) is 0 Å². The number of fused-ring (bicyclic) bond motifs is 6. The number of carbonyl (C=O) groups is 2. The van der Waals surface area contributed by atoms with E-state index in [1.807, 2.05) is 0 Å². The molecule has 0 radical (unpaired) electrons. The molecule has 0 fully saturated rings. The molecular formula is C23H19Cl3F3N7O2S2. The Balaban J connectivity index is 0.000000168. The van der Waals surface area contributed by atoms with Gasteiger partial charge in [-0.15, -0.1) is 22.7 Å². The van der Waals surface area contributed by atoms with Gasteiger partial charge >= 0.3 is 17.6 Å². The summed E-state index contributed by atoms with van der Waals surface area (Å²) in [5, 5.41) is 4.50. The number of halogens is 6. The lowest BCUT2D eigenvalue weighted by atomic mass is 10.1. The highest BCUT2D eigenvalue weighted by atomic mass is 35.5. The van der Waals surface area contributed by atoms with Crippen LogP contribution in [0.2, 0.25) is 10.3 Å². The minimum atomic E-state index is -4.27. The van der Waals surface area contributed by atoms with Gasteiger partial charge in [0.25, 0.3) is 0 Å². The zero-order chi connectivity index (χ0) is 28.6. The lowest BCUT2D eigenvalue weighted by Crippen LogP contribution is -2.43. The van der Waals surface area contributed by atoms with E-state index in [0.717, 1.165) is 47.7 Å². The molecule has 6 rings (SSSR count). The van der Waals surface area contributed by atoms with Crippen molar-refractivity contribution in [2.24, 2.45) is 0 Å². The normalized spacial score (nSPS) is 14.9. The summed E-state index contributed by atoms with van der Waals surface area (Å²) < 4.78 is 36.3. The number of urea groups is 1. The molecule has 0 spiro atoms. The Labute approximate surface area is 248 Å². The molecule has 0 saturated heterocycles. The zero-order valence-corrected chi connectivity index (χ0v) is 24.3. The minimum Gasteiger partial charge on any atom is -0.338 e. The molecule has 40 heavy (non-hydrogen) atoms. The summed E-state index contributed by atoms with van der Waals surface area (Å²) in [6.45, 7) is 1.49. The van der Waals surface area contributed by atoms with Crippen molar-refractivity contribution in [3.63, 3.8) is 0 Å². The molecule has 0 atom stereocenters. The van der Waals surface area contributed by atoms with Gasteiger partial charge in [0.2, 0.25) is 0 Å². The molecule has 3 amide bonds. The van der Waals surface area contributed by atoms with Crippen LogP contribution in [0.1, 0.15) is 27.3 Å². The van der Waals surface area contributed by atoms with Crippen LogP contribution in [0.3, 0.4) is 0 Å². The highest BCUT2D eigenvalue weighted by Crippen LogP contribution is 2.38. The van der Waals surface area contributed by atoms with Gasteiger partial charge in [-0.3, -0.25) is 4.79 Å². The minimum absolute atomic E-state index is 0.338. The molecule has 17 heteroatoms. The van der Waals surface area contributed by atoms with Gasteiger partial charge in [-0.05, 0) is 35.6 Å². The van der Waals surface area contributed by atoms with Crippen LogP contribution in [0.5, 0.6) is 0 Å². The van der Waals surface area contributed by atoms with Crippen LogP contribution < -0.4 is 5.32 Å². The third-order valence-corrected chi connectivity index (χ3v) is 9.46. The van der Waals surface area contributed by atoms with E-state index in [1.54, 1.807) is 16.2 Å². The monoisotopic (exact) mass is 651 g/mol. The van der Waals surface area contributed by atoms with Gasteiger partial charge in [-0.2, -0.15) is 13.2 Å². The maximum absolute atomic E-state index is 12.1. The Kier molecular flexibility index (Phi) is 8.53. The molecule has 0 saturated carbocycles. The lowest BCUT2D eigenvalue weighted by molar-refractivity contribution is -0.133. The van der Waals surface area contributed by atoms with Crippen molar-refractivity contribution in [2.45, 2.75) is 38.5 Å². The van der Waals surface area contributed by atoms with Crippen LogP contribution in [0, 0.1) is 0 Å². The molecule has 4 aromatic heterocycles. The van der Waals surface area contributed by atoms with E-state index in [2.05, 4.69) is 25.3 Å². The fraction of sp³-hybridized carbons (Fsp3) is 0.391. The molecule has 0 bridgehead atoms. The van der Waals surface area contributed by atoms with Crippen molar-refractivity contribution in [3.8, 4) is 0 Å². The van der Waals surface area contributed by atoms with Crippen molar-refractivity contribution in [1.82, 2.24) is 35.1 Å². The van der Waals surface area contributed by atoms with Crippen molar-refractivity contribution in [3.05, 3.63) is 43.8 Å². The average Bonchev–Trinajstić information content (AvgIpc) is 3.46. The highest BCUT2D eigenvalue weighted by Gasteiger charge is 2.29. The van der Waals surface area contributed by atoms with E-state index >= 15 is 0 Å². The van der Waals surface area contributed by atoms with Gasteiger partial charge in [-0.25, -0.2) is 24.7 Å². The summed E-state index contributed by atoms with van der Waals surface area (Å²) in [6, 6.07) is -0.491. The number of hydrogen-bond donors (Lipinski definition) is 1. The number of nitrogens with one attached hydrogen (secondary N) is 1. The fourth-order valence-electron chi connectivity index (χ4n) is 4.53.